The van der Waals surface area contributed by atoms with E-state index in [4.69, 9.17) is 23.2 Å². The van der Waals surface area contributed by atoms with Crippen molar-refractivity contribution in [1.82, 2.24) is 5.32 Å². The van der Waals surface area contributed by atoms with Crippen molar-refractivity contribution < 1.29 is 13.2 Å². The highest BCUT2D eigenvalue weighted by atomic mass is 35.5. The third kappa shape index (κ3) is 6.35. The zero-order valence-corrected chi connectivity index (χ0v) is 16.6. The first-order valence-corrected chi connectivity index (χ1v) is 11.1. The topological polar surface area (TPSA) is 66.5 Å². The van der Waals surface area contributed by atoms with Crippen LogP contribution in [0.25, 0.3) is 0 Å². The van der Waals surface area contributed by atoms with Crippen LogP contribution in [0.2, 0.25) is 10.0 Å². The maximum Gasteiger partial charge on any atom is 0.240 e. The fraction of sp³-hybridized carbons (Fsp3) is 0.588. The number of hydrogen-bond donors (Lipinski definition) is 1. The zero-order chi connectivity index (χ0) is 18.4. The van der Waals surface area contributed by atoms with Gasteiger partial charge in [0.2, 0.25) is 15.9 Å². The maximum absolute atomic E-state index is 12.4. The van der Waals surface area contributed by atoms with Gasteiger partial charge in [-0.25, -0.2) is 8.42 Å². The van der Waals surface area contributed by atoms with E-state index in [2.05, 4.69) is 5.32 Å². The molecule has 1 N–H and O–H groups in total. The normalized spacial score (nSPS) is 16.8. The van der Waals surface area contributed by atoms with E-state index in [-0.39, 0.29) is 23.5 Å². The molecule has 140 valence electrons. The van der Waals surface area contributed by atoms with Crippen molar-refractivity contribution in [3.63, 3.8) is 0 Å². The lowest BCUT2D eigenvalue weighted by atomic mass is 9.97. The Morgan fingerprint density at radius 1 is 1.12 bits per heavy atom. The highest BCUT2D eigenvalue weighted by Crippen LogP contribution is 2.28. The molecule has 0 unspecified atom stereocenters. The van der Waals surface area contributed by atoms with Crippen LogP contribution in [0, 0.1) is 0 Å². The lowest BCUT2D eigenvalue weighted by molar-refractivity contribution is -0.120. The van der Waals surface area contributed by atoms with Gasteiger partial charge in [0.15, 0.2) is 0 Å². The molecule has 0 aliphatic heterocycles. The van der Waals surface area contributed by atoms with Crippen molar-refractivity contribution >= 4 is 44.8 Å². The number of nitrogens with zero attached hydrogens (tertiary/aromatic N) is 1. The van der Waals surface area contributed by atoms with E-state index >= 15 is 0 Å². The van der Waals surface area contributed by atoms with Crippen molar-refractivity contribution in [3.05, 3.63) is 28.2 Å². The second-order valence-corrected chi connectivity index (χ2v) is 9.20. The Balaban J connectivity index is 2.08. The minimum Gasteiger partial charge on any atom is -0.352 e. The summed E-state index contributed by atoms with van der Waals surface area (Å²) in [5, 5.41) is 3.56. The van der Waals surface area contributed by atoms with Gasteiger partial charge in [0.05, 0.1) is 22.0 Å². The predicted octanol–water partition coefficient (Wildman–Crippen LogP) is 3.99. The van der Waals surface area contributed by atoms with Crippen LogP contribution >= 0.6 is 23.2 Å². The standard InChI is InChI=1S/C17H24Cl2N2O3S/c1-25(23,24)21(14-9-10-15(18)16(19)11-14)12-17(22)20-13-7-5-3-2-4-6-8-13/h9-11,13H,2-8,12H2,1H3,(H,20,22). The number of rotatable bonds is 5. The summed E-state index contributed by atoms with van der Waals surface area (Å²) < 4.78 is 25.3. The molecule has 1 aromatic rings. The molecule has 25 heavy (non-hydrogen) atoms. The van der Waals surface area contributed by atoms with E-state index in [1.165, 1.54) is 31.4 Å². The number of carbonyl (C=O) groups is 1. The predicted molar refractivity (Wildman–Crippen MR) is 103 cm³/mol. The number of nitrogens with one attached hydrogen (secondary N) is 1. The largest absolute Gasteiger partial charge is 0.352 e. The Labute approximate surface area is 159 Å². The second kappa shape index (κ2) is 9.10. The van der Waals surface area contributed by atoms with E-state index in [0.29, 0.717) is 10.7 Å². The molecule has 1 aliphatic carbocycles. The van der Waals surface area contributed by atoms with Crippen molar-refractivity contribution in [1.29, 1.82) is 0 Å². The third-order valence-corrected chi connectivity index (χ3v) is 6.23. The molecule has 1 amide bonds. The van der Waals surface area contributed by atoms with Crippen molar-refractivity contribution in [2.24, 2.45) is 0 Å². The SMILES string of the molecule is CS(=O)(=O)N(CC(=O)NC1CCCCCCC1)c1ccc(Cl)c(Cl)c1. The van der Waals surface area contributed by atoms with Gasteiger partial charge in [0.25, 0.3) is 0 Å². The highest BCUT2D eigenvalue weighted by molar-refractivity contribution is 7.92. The number of sulfonamides is 1. The van der Waals surface area contributed by atoms with Crippen molar-refractivity contribution in [2.75, 3.05) is 17.1 Å². The van der Waals surface area contributed by atoms with Gasteiger partial charge >= 0.3 is 0 Å². The highest BCUT2D eigenvalue weighted by Gasteiger charge is 2.23. The summed E-state index contributed by atoms with van der Waals surface area (Å²) in [6, 6.07) is 4.62. The minimum absolute atomic E-state index is 0.114. The quantitative estimate of drug-likeness (QED) is 0.803. The number of anilines is 1. The molecule has 0 aromatic heterocycles. The van der Waals surface area contributed by atoms with Gasteiger partial charge in [-0.05, 0) is 31.0 Å². The van der Waals surface area contributed by atoms with Gasteiger partial charge in [-0.15, -0.1) is 0 Å². The number of amides is 1. The molecule has 0 spiro atoms. The van der Waals surface area contributed by atoms with Crippen molar-refractivity contribution in [2.45, 2.75) is 51.0 Å². The summed E-state index contributed by atoms with van der Waals surface area (Å²) >= 11 is 11.9. The summed E-state index contributed by atoms with van der Waals surface area (Å²) in [6.45, 7) is -0.271. The molecule has 8 heteroatoms. The lowest BCUT2D eigenvalue weighted by Crippen LogP contribution is -2.44. The van der Waals surface area contributed by atoms with Gasteiger partial charge in [-0.2, -0.15) is 0 Å². The van der Waals surface area contributed by atoms with Crippen LogP contribution in [0.1, 0.15) is 44.9 Å². The molecule has 5 nitrogen and oxygen atoms in total. The first-order chi connectivity index (χ1) is 11.8. The molecule has 0 atom stereocenters. The van der Waals surface area contributed by atoms with Crippen LogP contribution in [-0.4, -0.2) is 33.2 Å². The van der Waals surface area contributed by atoms with Gasteiger partial charge in [-0.3, -0.25) is 9.10 Å². The van der Waals surface area contributed by atoms with Crippen LogP contribution in [0.5, 0.6) is 0 Å². The molecule has 1 saturated carbocycles. The van der Waals surface area contributed by atoms with Gasteiger partial charge in [0.1, 0.15) is 6.54 Å². The Bertz CT molecular complexity index is 702. The number of benzene rings is 1. The molecule has 0 radical (unpaired) electrons. The fourth-order valence-corrected chi connectivity index (χ4v) is 4.19. The minimum atomic E-state index is -3.63. The van der Waals surface area contributed by atoms with Crippen LogP contribution < -0.4 is 9.62 Å². The molecular weight excluding hydrogens is 383 g/mol. The molecule has 0 heterocycles. The first-order valence-electron chi connectivity index (χ1n) is 8.49. The number of hydrogen-bond acceptors (Lipinski definition) is 3. The van der Waals surface area contributed by atoms with E-state index in [1.807, 2.05) is 0 Å². The van der Waals surface area contributed by atoms with Crippen molar-refractivity contribution in [3.8, 4) is 0 Å². The summed E-state index contributed by atoms with van der Waals surface area (Å²) in [4.78, 5) is 12.4. The molecule has 1 aromatic carbocycles. The monoisotopic (exact) mass is 406 g/mol. The molecule has 2 rings (SSSR count). The Morgan fingerprint density at radius 2 is 1.72 bits per heavy atom. The summed E-state index contributed by atoms with van der Waals surface area (Å²) in [7, 11) is -3.63. The van der Waals surface area contributed by atoms with Gasteiger partial charge in [0, 0.05) is 6.04 Å². The Morgan fingerprint density at radius 3 is 2.28 bits per heavy atom. The summed E-state index contributed by atoms with van der Waals surface area (Å²) in [5.74, 6) is -0.304. The lowest BCUT2D eigenvalue weighted by Gasteiger charge is -2.25. The molecular formula is C17H24Cl2N2O3S. The Kier molecular flexibility index (Phi) is 7.40. The van der Waals surface area contributed by atoms with E-state index < -0.39 is 10.0 Å². The molecule has 1 aliphatic rings. The van der Waals surface area contributed by atoms with E-state index in [0.717, 1.165) is 36.2 Å². The second-order valence-electron chi connectivity index (χ2n) is 6.48. The Hall–Kier alpha value is -0.980. The maximum atomic E-state index is 12.4. The molecule has 1 fully saturated rings. The number of carbonyl (C=O) groups excluding carboxylic acids is 1. The third-order valence-electron chi connectivity index (χ3n) is 4.35. The zero-order valence-electron chi connectivity index (χ0n) is 14.3. The average Bonchev–Trinajstić information content (AvgIpc) is 2.49. The molecule has 0 saturated heterocycles. The average molecular weight is 407 g/mol. The van der Waals surface area contributed by atoms with Crippen LogP contribution in [0.4, 0.5) is 5.69 Å². The smallest absolute Gasteiger partial charge is 0.240 e. The fourth-order valence-electron chi connectivity index (χ4n) is 3.04. The van der Waals surface area contributed by atoms with E-state index in [1.54, 1.807) is 6.07 Å². The van der Waals surface area contributed by atoms with Gasteiger partial charge < -0.3 is 5.32 Å². The van der Waals surface area contributed by atoms with Crippen LogP contribution in [0.3, 0.4) is 0 Å². The summed E-state index contributed by atoms with van der Waals surface area (Å²) in [6.07, 6.45) is 8.75. The summed E-state index contributed by atoms with van der Waals surface area (Å²) in [5.41, 5.74) is 0.324. The van der Waals surface area contributed by atoms with Gasteiger partial charge in [-0.1, -0.05) is 55.3 Å². The number of halogens is 2. The molecule has 0 bridgehead atoms. The van der Waals surface area contributed by atoms with Crippen LogP contribution in [0.15, 0.2) is 18.2 Å². The van der Waals surface area contributed by atoms with E-state index in [9.17, 15) is 13.2 Å². The first kappa shape index (κ1) is 20.3. The van der Waals surface area contributed by atoms with Crippen LogP contribution in [-0.2, 0) is 14.8 Å².